The third-order valence-corrected chi connectivity index (χ3v) is 3.07. The molecule has 0 spiro atoms. The second kappa shape index (κ2) is 7.10. The molecule has 0 saturated carbocycles. The van der Waals surface area contributed by atoms with Crippen molar-refractivity contribution in [3.63, 3.8) is 0 Å². The third kappa shape index (κ3) is 3.84. The van der Waals surface area contributed by atoms with Gasteiger partial charge in [0.2, 0.25) is 0 Å². The summed E-state index contributed by atoms with van der Waals surface area (Å²) >= 11 is 0. The molecule has 0 aliphatic carbocycles. The molecule has 0 unspecified atom stereocenters. The van der Waals surface area contributed by atoms with E-state index in [2.05, 4.69) is 12.2 Å². The highest BCUT2D eigenvalue weighted by molar-refractivity contribution is 5.29. The first-order valence-corrected chi connectivity index (χ1v) is 6.85. The number of hydrogen-bond acceptors (Lipinski definition) is 3. The van der Waals surface area contributed by atoms with Crippen LogP contribution in [0.1, 0.15) is 30.2 Å². The SMILES string of the molecule is CCCNCc1occc1COc1ccc(F)c(C)c1. The Kier molecular flexibility index (Phi) is 5.18. The van der Waals surface area contributed by atoms with Gasteiger partial charge in [0.1, 0.15) is 23.9 Å². The summed E-state index contributed by atoms with van der Waals surface area (Å²) in [4.78, 5) is 0. The van der Waals surface area contributed by atoms with Crippen LogP contribution in [0.3, 0.4) is 0 Å². The Bertz CT molecular complexity index is 551. The minimum Gasteiger partial charge on any atom is -0.489 e. The summed E-state index contributed by atoms with van der Waals surface area (Å²) in [7, 11) is 0. The van der Waals surface area contributed by atoms with Crippen molar-refractivity contribution in [3.05, 3.63) is 53.2 Å². The summed E-state index contributed by atoms with van der Waals surface area (Å²) in [5.41, 5.74) is 1.59. The van der Waals surface area contributed by atoms with Gasteiger partial charge in [0.25, 0.3) is 0 Å². The van der Waals surface area contributed by atoms with Gasteiger partial charge in [-0.15, -0.1) is 0 Å². The van der Waals surface area contributed by atoms with Gasteiger partial charge in [0.05, 0.1) is 12.8 Å². The Balaban J connectivity index is 1.93. The van der Waals surface area contributed by atoms with Gasteiger partial charge in [-0.1, -0.05) is 6.92 Å². The molecule has 1 aromatic heterocycles. The maximum Gasteiger partial charge on any atom is 0.126 e. The fourth-order valence-corrected chi connectivity index (χ4v) is 1.90. The van der Waals surface area contributed by atoms with Crippen molar-refractivity contribution >= 4 is 0 Å². The summed E-state index contributed by atoms with van der Waals surface area (Å²) in [6.07, 6.45) is 2.75. The van der Waals surface area contributed by atoms with E-state index in [4.69, 9.17) is 9.15 Å². The quantitative estimate of drug-likeness (QED) is 0.782. The third-order valence-electron chi connectivity index (χ3n) is 3.07. The van der Waals surface area contributed by atoms with E-state index in [1.807, 2.05) is 6.07 Å². The van der Waals surface area contributed by atoms with Gasteiger partial charge in [-0.05, 0) is 49.7 Å². The first-order chi connectivity index (χ1) is 9.70. The molecule has 0 fully saturated rings. The maximum absolute atomic E-state index is 13.2. The van der Waals surface area contributed by atoms with Crippen LogP contribution in [-0.4, -0.2) is 6.54 Å². The van der Waals surface area contributed by atoms with Gasteiger partial charge in [0, 0.05) is 5.56 Å². The van der Waals surface area contributed by atoms with E-state index in [1.165, 1.54) is 6.07 Å². The fraction of sp³-hybridized carbons (Fsp3) is 0.375. The Morgan fingerprint density at radius 2 is 2.15 bits per heavy atom. The lowest BCUT2D eigenvalue weighted by Crippen LogP contribution is -2.14. The monoisotopic (exact) mass is 277 g/mol. The van der Waals surface area contributed by atoms with Crippen molar-refractivity contribution in [1.82, 2.24) is 5.32 Å². The van der Waals surface area contributed by atoms with Gasteiger partial charge in [-0.3, -0.25) is 0 Å². The number of ether oxygens (including phenoxy) is 1. The van der Waals surface area contributed by atoms with Crippen molar-refractivity contribution < 1.29 is 13.5 Å². The van der Waals surface area contributed by atoms with E-state index >= 15 is 0 Å². The van der Waals surface area contributed by atoms with Crippen LogP contribution in [0.4, 0.5) is 4.39 Å². The van der Waals surface area contributed by atoms with Gasteiger partial charge < -0.3 is 14.5 Å². The fourth-order valence-electron chi connectivity index (χ4n) is 1.90. The average Bonchev–Trinajstić information content (AvgIpc) is 2.88. The molecular weight excluding hydrogens is 257 g/mol. The first-order valence-electron chi connectivity index (χ1n) is 6.85. The maximum atomic E-state index is 13.2. The molecule has 2 aromatic rings. The van der Waals surface area contributed by atoms with Crippen molar-refractivity contribution in [2.24, 2.45) is 0 Å². The molecule has 1 heterocycles. The minimum atomic E-state index is -0.217. The number of furan rings is 1. The molecule has 0 aliphatic rings. The van der Waals surface area contributed by atoms with Crippen molar-refractivity contribution in [1.29, 1.82) is 0 Å². The highest BCUT2D eigenvalue weighted by Crippen LogP contribution is 2.19. The summed E-state index contributed by atoms with van der Waals surface area (Å²) in [5.74, 6) is 1.33. The number of halogens is 1. The van der Waals surface area contributed by atoms with E-state index in [9.17, 15) is 4.39 Å². The van der Waals surface area contributed by atoms with Crippen LogP contribution in [0.15, 0.2) is 34.9 Å². The van der Waals surface area contributed by atoms with Gasteiger partial charge >= 0.3 is 0 Å². The smallest absolute Gasteiger partial charge is 0.126 e. The zero-order valence-corrected chi connectivity index (χ0v) is 11.9. The lowest BCUT2D eigenvalue weighted by molar-refractivity contribution is 0.300. The number of aryl methyl sites for hydroxylation is 1. The number of rotatable bonds is 7. The van der Waals surface area contributed by atoms with E-state index in [1.54, 1.807) is 25.3 Å². The van der Waals surface area contributed by atoms with E-state index in [-0.39, 0.29) is 5.82 Å². The van der Waals surface area contributed by atoms with Crippen LogP contribution in [0, 0.1) is 12.7 Å². The van der Waals surface area contributed by atoms with Gasteiger partial charge in [-0.25, -0.2) is 4.39 Å². The van der Waals surface area contributed by atoms with Crippen LogP contribution >= 0.6 is 0 Å². The van der Waals surface area contributed by atoms with E-state index < -0.39 is 0 Å². The molecule has 0 bridgehead atoms. The summed E-state index contributed by atoms with van der Waals surface area (Å²) in [6, 6.07) is 6.66. The van der Waals surface area contributed by atoms with Gasteiger partial charge in [-0.2, -0.15) is 0 Å². The molecule has 2 rings (SSSR count). The Morgan fingerprint density at radius 1 is 1.30 bits per heavy atom. The summed E-state index contributed by atoms with van der Waals surface area (Å²) < 4.78 is 24.3. The summed E-state index contributed by atoms with van der Waals surface area (Å²) in [6.45, 7) is 5.92. The minimum absolute atomic E-state index is 0.217. The largest absolute Gasteiger partial charge is 0.489 e. The van der Waals surface area contributed by atoms with Crippen LogP contribution in [-0.2, 0) is 13.2 Å². The van der Waals surface area contributed by atoms with Crippen molar-refractivity contribution in [2.75, 3.05) is 6.54 Å². The highest BCUT2D eigenvalue weighted by Gasteiger charge is 2.07. The molecule has 0 atom stereocenters. The summed E-state index contributed by atoms with van der Waals surface area (Å²) in [5, 5.41) is 3.29. The van der Waals surface area contributed by atoms with Crippen molar-refractivity contribution in [2.45, 2.75) is 33.4 Å². The highest BCUT2D eigenvalue weighted by atomic mass is 19.1. The molecule has 108 valence electrons. The Morgan fingerprint density at radius 3 is 2.90 bits per heavy atom. The van der Waals surface area contributed by atoms with Crippen LogP contribution in [0.25, 0.3) is 0 Å². The first kappa shape index (κ1) is 14.6. The molecule has 0 amide bonds. The molecule has 20 heavy (non-hydrogen) atoms. The Labute approximate surface area is 118 Å². The average molecular weight is 277 g/mol. The lowest BCUT2D eigenvalue weighted by Gasteiger charge is -2.08. The van der Waals surface area contributed by atoms with Crippen LogP contribution < -0.4 is 10.1 Å². The van der Waals surface area contributed by atoms with Crippen LogP contribution in [0.5, 0.6) is 5.75 Å². The van der Waals surface area contributed by atoms with Crippen molar-refractivity contribution in [3.8, 4) is 5.75 Å². The molecule has 0 radical (unpaired) electrons. The van der Waals surface area contributed by atoms with E-state index in [0.29, 0.717) is 24.5 Å². The molecule has 4 heteroatoms. The predicted octanol–water partition coefficient (Wildman–Crippen LogP) is 3.81. The van der Waals surface area contributed by atoms with Crippen LogP contribution in [0.2, 0.25) is 0 Å². The molecule has 1 N–H and O–H groups in total. The molecule has 0 aliphatic heterocycles. The molecular formula is C16H20FNO2. The molecule has 3 nitrogen and oxygen atoms in total. The number of hydrogen-bond donors (Lipinski definition) is 1. The predicted molar refractivity (Wildman–Crippen MR) is 76.2 cm³/mol. The standard InChI is InChI=1S/C16H20FNO2/c1-3-7-18-10-16-13(6-8-19-16)11-20-14-4-5-15(17)12(2)9-14/h4-6,8-9,18H,3,7,10-11H2,1-2H3. The molecule has 1 aromatic carbocycles. The zero-order chi connectivity index (χ0) is 14.4. The normalized spacial score (nSPS) is 10.8. The van der Waals surface area contributed by atoms with Gasteiger partial charge in [0.15, 0.2) is 0 Å². The Hall–Kier alpha value is -1.81. The van der Waals surface area contributed by atoms with E-state index in [0.717, 1.165) is 24.3 Å². The lowest BCUT2D eigenvalue weighted by atomic mass is 10.2. The second-order valence-electron chi connectivity index (χ2n) is 4.75. The molecule has 0 saturated heterocycles. The topological polar surface area (TPSA) is 34.4 Å². The zero-order valence-electron chi connectivity index (χ0n) is 11.9. The number of nitrogens with one attached hydrogen (secondary N) is 1. The second-order valence-corrected chi connectivity index (χ2v) is 4.75. The number of benzene rings is 1.